The average Bonchev–Trinajstić information content (AvgIpc) is 3.30. The Morgan fingerprint density at radius 2 is 1.81 bits per heavy atom. The number of anilines is 2. The molecule has 0 atom stereocenters. The van der Waals surface area contributed by atoms with Gasteiger partial charge < -0.3 is 9.73 Å². The first kappa shape index (κ1) is 18.5. The van der Waals surface area contributed by atoms with Gasteiger partial charge in [-0.25, -0.2) is 13.2 Å². The number of benzene rings is 1. The zero-order chi connectivity index (χ0) is 19.0. The lowest BCUT2D eigenvalue weighted by Gasteiger charge is -2.18. The van der Waals surface area contributed by atoms with E-state index in [9.17, 15) is 13.2 Å². The molecule has 1 aliphatic carbocycles. The van der Waals surface area contributed by atoms with Crippen molar-refractivity contribution in [3.63, 3.8) is 0 Å². The Labute approximate surface area is 168 Å². The maximum absolute atomic E-state index is 12.8. The van der Waals surface area contributed by atoms with Gasteiger partial charge in [0.25, 0.3) is 10.0 Å². The molecule has 1 fully saturated rings. The lowest BCUT2D eigenvalue weighted by molar-refractivity contribution is 0.563. The molecule has 6 nitrogen and oxygen atoms in total. The molecule has 1 saturated carbocycles. The summed E-state index contributed by atoms with van der Waals surface area (Å²) < 4.78 is 34.1. The van der Waals surface area contributed by atoms with E-state index < -0.39 is 15.6 Å². The van der Waals surface area contributed by atoms with Crippen LogP contribution in [-0.4, -0.2) is 14.5 Å². The molecule has 3 aromatic rings. The molecule has 4 rings (SSSR count). The van der Waals surface area contributed by atoms with Crippen LogP contribution >= 0.6 is 27.3 Å². The Morgan fingerprint density at radius 3 is 2.52 bits per heavy atom. The topological polar surface area (TPSA) is 88.4 Å². The number of thiophene rings is 1. The molecule has 0 unspecified atom stereocenters. The van der Waals surface area contributed by atoms with Crippen LogP contribution in [0.3, 0.4) is 0 Å². The van der Waals surface area contributed by atoms with Crippen molar-refractivity contribution < 1.29 is 12.8 Å². The van der Waals surface area contributed by atoms with E-state index in [-0.39, 0.29) is 15.9 Å². The molecule has 9 heteroatoms. The van der Waals surface area contributed by atoms with Crippen molar-refractivity contribution in [2.24, 2.45) is 0 Å². The number of sulfonamides is 1. The molecule has 2 aromatic heterocycles. The van der Waals surface area contributed by atoms with Gasteiger partial charge in [-0.2, -0.15) is 0 Å². The lowest BCUT2D eigenvalue weighted by Crippen LogP contribution is -2.23. The first-order chi connectivity index (χ1) is 12.9. The van der Waals surface area contributed by atoms with Crippen LogP contribution in [0.25, 0.3) is 11.0 Å². The normalized spacial score (nSPS) is 15.3. The maximum Gasteiger partial charge on any atom is 0.363 e. The fourth-order valence-corrected chi connectivity index (χ4v) is 6.37. The van der Waals surface area contributed by atoms with E-state index >= 15 is 0 Å². The van der Waals surface area contributed by atoms with Crippen molar-refractivity contribution in [2.45, 2.75) is 35.9 Å². The van der Waals surface area contributed by atoms with Crippen molar-refractivity contribution in [1.29, 1.82) is 0 Å². The lowest BCUT2D eigenvalue weighted by atomic mass is 10.1. The van der Waals surface area contributed by atoms with E-state index in [4.69, 9.17) is 4.42 Å². The number of hydrogen-bond donors (Lipinski definition) is 2. The summed E-state index contributed by atoms with van der Waals surface area (Å²) in [6, 6.07) is 10.5. The molecule has 27 heavy (non-hydrogen) atoms. The number of hydrogen-bond acceptors (Lipinski definition) is 6. The maximum atomic E-state index is 12.8. The number of halogens is 1. The molecule has 1 aromatic carbocycles. The first-order valence-corrected chi connectivity index (χ1v) is 11.6. The van der Waals surface area contributed by atoms with Gasteiger partial charge in [-0.05, 0) is 53.0 Å². The van der Waals surface area contributed by atoms with Crippen LogP contribution in [0.5, 0.6) is 0 Å². The number of fused-ring (bicyclic) bond motifs is 1. The summed E-state index contributed by atoms with van der Waals surface area (Å²) in [6.45, 7) is 0. The highest BCUT2D eigenvalue weighted by Gasteiger charge is 2.25. The summed E-state index contributed by atoms with van der Waals surface area (Å²) in [4.78, 5) is 12.6. The second kappa shape index (κ2) is 7.29. The van der Waals surface area contributed by atoms with Crippen molar-refractivity contribution in [2.75, 3.05) is 10.0 Å². The third kappa shape index (κ3) is 3.76. The first-order valence-electron chi connectivity index (χ1n) is 8.54. The summed E-state index contributed by atoms with van der Waals surface area (Å²) in [7, 11) is -3.90. The third-order valence-electron chi connectivity index (χ3n) is 4.57. The molecule has 0 amide bonds. The van der Waals surface area contributed by atoms with Crippen LogP contribution in [-0.2, 0) is 10.0 Å². The van der Waals surface area contributed by atoms with E-state index in [1.807, 2.05) is 12.1 Å². The van der Waals surface area contributed by atoms with Gasteiger partial charge in [0.2, 0.25) is 0 Å². The highest BCUT2D eigenvalue weighted by Crippen LogP contribution is 2.34. The van der Waals surface area contributed by atoms with Gasteiger partial charge in [0, 0.05) is 11.4 Å². The van der Waals surface area contributed by atoms with E-state index in [1.165, 1.54) is 6.07 Å². The molecule has 0 saturated heterocycles. The largest absolute Gasteiger partial charge is 0.421 e. The van der Waals surface area contributed by atoms with Gasteiger partial charge in [0.1, 0.15) is 9.79 Å². The number of rotatable bonds is 5. The quantitative estimate of drug-likeness (QED) is 0.526. The Kier molecular flexibility index (Phi) is 5.00. The van der Waals surface area contributed by atoms with E-state index in [0.29, 0.717) is 20.4 Å². The van der Waals surface area contributed by atoms with Crippen molar-refractivity contribution in [3.05, 3.63) is 50.6 Å². The zero-order valence-corrected chi connectivity index (χ0v) is 17.4. The molecule has 2 heterocycles. The predicted molar refractivity (Wildman–Crippen MR) is 111 cm³/mol. The van der Waals surface area contributed by atoms with Gasteiger partial charge in [-0.1, -0.05) is 25.0 Å². The fraction of sp³-hybridized carbons (Fsp3) is 0.278. The minimum atomic E-state index is -3.90. The zero-order valence-electron chi connectivity index (χ0n) is 14.2. The Bertz CT molecular complexity index is 1150. The molecule has 142 valence electrons. The minimum absolute atomic E-state index is 0.0786. The van der Waals surface area contributed by atoms with Crippen LogP contribution < -0.4 is 15.7 Å². The van der Waals surface area contributed by atoms with Crippen LogP contribution in [0.2, 0.25) is 0 Å². The molecule has 0 radical (unpaired) electrons. The Hall–Kier alpha value is -1.84. The van der Waals surface area contributed by atoms with Gasteiger partial charge in [-0.3, -0.25) is 4.72 Å². The fourth-order valence-electron chi connectivity index (χ4n) is 3.29. The second-order valence-electron chi connectivity index (χ2n) is 6.43. The van der Waals surface area contributed by atoms with Crippen LogP contribution in [0, 0.1) is 0 Å². The third-order valence-corrected chi connectivity index (χ3v) is 8.03. The smallest absolute Gasteiger partial charge is 0.363 e. The molecule has 0 spiro atoms. The minimum Gasteiger partial charge on any atom is -0.421 e. The van der Waals surface area contributed by atoms with Gasteiger partial charge in [-0.15, -0.1) is 11.3 Å². The molecule has 1 aliphatic rings. The Balaban J connectivity index is 1.83. The van der Waals surface area contributed by atoms with Crippen LogP contribution in [0.15, 0.2) is 53.6 Å². The summed E-state index contributed by atoms with van der Waals surface area (Å²) in [5.74, 6) is 0. The number of nitrogens with one attached hydrogen (secondary N) is 2. The average molecular weight is 469 g/mol. The summed E-state index contributed by atoms with van der Waals surface area (Å²) in [5, 5.41) is 4.05. The molecule has 0 bridgehead atoms. The summed E-state index contributed by atoms with van der Waals surface area (Å²) in [5.41, 5.74) is 0.108. The highest BCUT2D eigenvalue weighted by molar-refractivity contribution is 9.11. The molecule has 0 aliphatic heterocycles. The van der Waals surface area contributed by atoms with Crippen LogP contribution in [0.4, 0.5) is 11.4 Å². The van der Waals surface area contributed by atoms with E-state index in [0.717, 1.165) is 37.0 Å². The molecular formula is C18H17BrN2O4S2. The van der Waals surface area contributed by atoms with Crippen LogP contribution in [0.1, 0.15) is 25.7 Å². The highest BCUT2D eigenvalue weighted by atomic mass is 79.9. The van der Waals surface area contributed by atoms with E-state index in [1.54, 1.807) is 18.2 Å². The molecule has 2 N–H and O–H groups in total. The number of para-hydroxylation sites is 1. The Morgan fingerprint density at radius 1 is 1.07 bits per heavy atom. The van der Waals surface area contributed by atoms with Gasteiger partial charge in [0.15, 0.2) is 5.69 Å². The standard InChI is InChI=1S/C18H17BrN2O4S2/c19-14-9-10-15(26-14)27(23,24)21-17-16(20-11-5-1-2-6-11)12-7-3-4-8-13(12)25-18(17)22/h3-4,7-11,20-21H,1-2,5-6H2. The van der Waals surface area contributed by atoms with Crippen molar-refractivity contribution in [3.8, 4) is 0 Å². The summed E-state index contributed by atoms with van der Waals surface area (Å²) >= 11 is 4.34. The van der Waals surface area contributed by atoms with Gasteiger partial charge in [0.05, 0.1) is 9.47 Å². The summed E-state index contributed by atoms with van der Waals surface area (Å²) in [6.07, 6.45) is 4.19. The second-order valence-corrected chi connectivity index (χ2v) is 10.8. The SMILES string of the molecule is O=c1oc2ccccc2c(NC2CCCC2)c1NS(=O)(=O)c1ccc(Br)s1. The van der Waals surface area contributed by atoms with Crippen molar-refractivity contribution >= 4 is 59.6 Å². The van der Waals surface area contributed by atoms with E-state index in [2.05, 4.69) is 26.0 Å². The molecular weight excluding hydrogens is 452 g/mol. The predicted octanol–water partition coefficient (Wildman–Crippen LogP) is 4.77. The monoisotopic (exact) mass is 468 g/mol. The van der Waals surface area contributed by atoms with Crippen molar-refractivity contribution in [1.82, 2.24) is 0 Å². The van der Waals surface area contributed by atoms with Gasteiger partial charge >= 0.3 is 5.63 Å².